The van der Waals surface area contributed by atoms with E-state index in [-0.39, 0.29) is 36.4 Å². The van der Waals surface area contributed by atoms with Crippen LogP contribution in [0.4, 0.5) is 5.69 Å². The Morgan fingerprint density at radius 3 is 2.48 bits per heavy atom. The van der Waals surface area contributed by atoms with Crippen LogP contribution < -0.4 is 16.0 Å². The van der Waals surface area contributed by atoms with Crippen LogP contribution in [0.2, 0.25) is 0 Å². The molecule has 3 rings (SSSR count). The number of likely N-dealkylation sites (tertiary alicyclic amines) is 1. The first kappa shape index (κ1) is 24.7. The number of guanidine groups is 1. The number of nitrogens with one attached hydrogen (secondary N) is 3. The minimum absolute atomic E-state index is 0. The highest BCUT2D eigenvalue weighted by atomic mass is 127. The Labute approximate surface area is 201 Å². The fourth-order valence-electron chi connectivity index (χ4n) is 3.42. The lowest BCUT2D eigenvalue weighted by atomic mass is 10.1. The number of carbonyl (C=O) groups is 1. The molecule has 0 saturated carbocycles. The van der Waals surface area contributed by atoms with Gasteiger partial charge in [0, 0.05) is 31.4 Å². The van der Waals surface area contributed by atoms with Gasteiger partial charge < -0.3 is 16.0 Å². The summed E-state index contributed by atoms with van der Waals surface area (Å²) in [5.74, 6) is 2.96. The minimum Gasteiger partial charge on any atom is -0.352 e. The van der Waals surface area contributed by atoms with E-state index in [0.717, 1.165) is 12.1 Å². The number of nitrogens with zero attached hydrogens (tertiary/aromatic N) is 2. The Bertz CT molecular complexity index is 914. The Hall–Kier alpha value is -2.57. The summed E-state index contributed by atoms with van der Waals surface area (Å²) in [6.07, 6.45) is 8.01. The highest BCUT2D eigenvalue weighted by Crippen LogP contribution is 2.13. The van der Waals surface area contributed by atoms with E-state index in [0.29, 0.717) is 18.2 Å². The van der Waals surface area contributed by atoms with E-state index in [2.05, 4.69) is 56.0 Å². The molecular weight excluding hydrogens is 501 g/mol. The van der Waals surface area contributed by atoms with Crippen LogP contribution in [0.5, 0.6) is 0 Å². The second kappa shape index (κ2) is 13.0. The number of halogens is 1. The normalized spacial score (nSPS) is 13.7. The van der Waals surface area contributed by atoms with Gasteiger partial charge in [0.2, 0.25) is 5.91 Å². The van der Waals surface area contributed by atoms with Crippen LogP contribution in [-0.4, -0.2) is 43.4 Å². The van der Waals surface area contributed by atoms with Crippen LogP contribution in [0.25, 0.3) is 0 Å². The molecule has 0 radical (unpaired) electrons. The Morgan fingerprint density at radius 1 is 1.10 bits per heavy atom. The van der Waals surface area contributed by atoms with E-state index in [4.69, 9.17) is 6.42 Å². The first-order valence-electron chi connectivity index (χ1n) is 10.3. The standard InChI is InChI=1S/C24H29N5O.HI/c1-3-19-7-6-8-22(15-19)28-23(30)17-27-24(25-2)26-16-20-9-11-21(12-10-20)18-29-13-4-5-14-29;/h1,6-12,15H,4-5,13-14,16-18H2,2H3,(H,28,30)(H2,25,26,27);1H. The van der Waals surface area contributed by atoms with Crippen molar-refractivity contribution in [3.8, 4) is 12.3 Å². The number of hydrogen-bond donors (Lipinski definition) is 3. The third-order valence-electron chi connectivity index (χ3n) is 5.04. The number of hydrogen-bond acceptors (Lipinski definition) is 3. The second-order valence-corrected chi connectivity index (χ2v) is 7.35. The van der Waals surface area contributed by atoms with E-state index in [1.807, 2.05) is 12.1 Å². The van der Waals surface area contributed by atoms with Gasteiger partial charge in [-0.15, -0.1) is 30.4 Å². The quantitative estimate of drug-likeness (QED) is 0.222. The van der Waals surface area contributed by atoms with Gasteiger partial charge in [-0.05, 0) is 55.3 Å². The molecule has 1 fully saturated rings. The smallest absolute Gasteiger partial charge is 0.243 e. The van der Waals surface area contributed by atoms with Crippen molar-refractivity contribution >= 4 is 41.5 Å². The zero-order valence-electron chi connectivity index (χ0n) is 17.9. The SMILES string of the molecule is C#Cc1cccc(NC(=O)CNC(=NC)NCc2ccc(CN3CCCC3)cc2)c1.I. The van der Waals surface area contributed by atoms with Gasteiger partial charge >= 0.3 is 0 Å². The average molecular weight is 531 g/mol. The van der Waals surface area contributed by atoms with E-state index in [1.54, 1.807) is 19.2 Å². The van der Waals surface area contributed by atoms with E-state index >= 15 is 0 Å². The number of rotatable bonds is 7. The third kappa shape index (κ3) is 8.23. The monoisotopic (exact) mass is 531 g/mol. The fraction of sp³-hybridized carbons (Fsp3) is 0.333. The van der Waals surface area contributed by atoms with Gasteiger partial charge in [0.1, 0.15) is 0 Å². The predicted octanol–water partition coefficient (Wildman–Crippen LogP) is 3.19. The van der Waals surface area contributed by atoms with Gasteiger partial charge in [-0.3, -0.25) is 14.7 Å². The van der Waals surface area contributed by atoms with Crippen LogP contribution in [0.15, 0.2) is 53.5 Å². The fourth-order valence-corrected chi connectivity index (χ4v) is 3.42. The number of amides is 1. The molecular formula is C24H30IN5O. The van der Waals surface area contributed by atoms with Gasteiger partial charge in [-0.25, -0.2) is 0 Å². The van der Waals surface area contributed by atoms with Gasteiger partial charge in [-0.2, -0.15) is 0 Å². The molecule has 0 unspecified atom stereocenters. The highest BCUT2D eigenvalue weighted by Gasteiger charge is 2.11. The van der Waals surface area contributed by atoms with Crippen LogP contribution in [0.1, 0.15) is 29.5 Å². The minimum atomic E-state index is -0.168. The molecule has 31 heavy (non-hydrogen) atoms. The van der Waals surface area contributed by atoms with Crippen LogP contribution in [0, 0.1) is 12.3 Å². The number of anilines is 1. The van der Waals surface area contributed by atoms with Gasteiger partial charge in [-0.1, -0.05) is 36.3 Å². The molecule has 1 aliphatic heterocycles. The summed E-state index contributed by atoms with van der Waals surface area (Å²) in [7, 11) is 1.68. The predicted molar refractivity (Wildman–Crippen MR) is 138 cm³/mol. The number of terminal acetylenes is 1. The molecule has 0 atom stereocenters. The maximum absolute atomic E-state index is 12.2. The molecule has 164 valence electrons. The van der Waals surface area contributed by atoms with E-state index in [9.17, 15) is 4.79 Å². The van der Waals surface area contributed by atoms with Crippen molar-refractivity contribution < 1.29 is 4.79 Å². The van der Waals surface area contributed by atoms with E-state index < -0.39 is 0 Å². The maximum atomic E-state index is 12.2. The zero-order valence-corrected chi connectivity index (χ0v) is 20.2. The Morgan fingerprint density at radius 2 is 1.81 bits per heavy atom. The zero-order chi connectivity index (χ0) is 21.2. The summed E-state index contributed by atoms with van der Waals surface area (Å²) in [5, 5.41) is 9.09. The molecule has 1 saturated heterocycles. The largest absolute Gasteiger partial charge is 0.352 e. The molecule has 3 N–H and O–H groups in total. The van der Waals surface area contributed by atoms with Crippen molar-refractivity contribution in [2.75, 3.05) is 32.0 Å². The molecule has 6 nitrogen and oxygen atoms in total. The van der Waals surface area contributed by atoms with Crippen LogP contribution >= 0.6 is 24.0 Å². The summed E-state index contributed by atoms with van der Waals surface area (Å²) in [6, 6.07) is 15.8. The Kier molecular flexibility index (Phi) is 10.3. The first-order valence-corrected chi connectivity index (χ1v) is 10.3. The molecule has 0 spiro atoms. The number of aliphatic imine (C=N–C) groups is 1. The molecule has 1 heterocycles. The van der Waals surface area contributed by atoms with Gasteiger partial charge in [0.25, 0.3) is 0 Å². The van der Waals surface area contributed by atoms with Crippen molar-refractivity contribution in [2.45, 2.75) is 25.9 Å². The van der Waals surface area contributed by atoms with Gasteiger partial charge in [0.15, 0.2) is 5.96 Å². The summed E-state index contributed by atoms with van der Waals surface area (Å²) in [6.45, 7) is 4.17. The number of carbonyl (C=O) groups excluding carboxylic acids is 1. The van der Waals surface area contributed by atoms with E-state index in [1.165, 1.54) is 37.1 Å². The van der Waals surface area contributed by atoms with Crippen LogP contribution in [-0.2, 0) is 17.9 Å². The topological polar surface area (TPSA) is 68.8 Å². The third-order valence-corrected chi connectivity index (χ3v) is 5.04. The molecule has 0 aliphatic carbocycles. The summed E-state index contributed by atoms with van der Waals surface area (Å²) in [5.41, 5.74) is 3.91. The maximum Gasteiger partial charge on any atom is 0.243 e. The van der Waals surface area contributed by atoms with Gasteiger partial charge in [0.05, 0.1) is 6.54 Å². The number of benzene rings is 2. The molecule has 2 aromatic rings. The Balaban J connectivity index is 0.00000341. The van der Waals surface area contributed by atoms with Crippen molar-refractivity contribution in [1.29, 1.82) is 0 Å². The van der Waals surface area contributed by atoms with Crippen molar-refractivity contribution in [3.63, 3.8) is 0 Å². The average Bonchev–Trinajstić information content (AvgIpc) is 3.28. The molecule has 0 aromatic heterocycles. The molecule has 1 amide bonds. The molecule has 2 aromatic carbocycles. The molecule has 7 heteroatoms. The summed E-state index contributed by atoms with van der Waals surface area (Å²) in [4.78, 5) is 18.8. The molecule has 0 bridgehead atoms. The lowest BCUT2D eigenvalue weighted by Crippen LogP contribution is -2.41. The lowest BCUT2D eigenvalue weighted by molar-refractivity contribution is -0.115. The summed E-state index contributed by atoms with van der Waals surface area (Å²) >= 11 is 0. The van der Waals surface area contributed by atoms with Crippen molar-refractivity contribution in [3.05, 3.63) is 65.2 Å². The first-order chi connectivity index (χ1) is 14.7. The van der Waals surface area contributed by atoms with Crippen LogP contribution in [0.3, 0.4) is 0 Å². The second-order valence-electron chi connectivity index (χ2n) is 7.35. The lowest BCUT2D eigenvalue weighted by Gasteiger charge is -2.15. The summed E-state index contributed by atoms with van der Waals surface area (Å²) < 4.78 is 0. The molecule has 1 aliphatic rings. The van der Waals surface area contributed by atoms with Crippen molar-refractivity contribution in [1.82, 2.24) is 15.5 Å². The van der Waals surface area contributed by atoms with Crippen molar-refractivity contribution in [2.24, 2.45) is 4.99 Å². The highest BCUT2D eigenvalue weighted by molar-refractivity contribution is 14.0.